The zero-order valence-corrected chi connectivity index (χ0v) is 9.57. The molecule has 4 heteroatoms. The number of nitrogens with two attached hydrogens (primary N) is 1. The van der Waals surface area contributed by atoms with E-state index in [0.29, 0.717) is 25.3 Å². The number of rotatable bonds is 5. The summed E-state index contributed by atoms with van der Waals surface area (Å²) in [6.07, 6.45) is 6.71. The van der Waals surface area contributed by atoms with Gasteiger partial charge in [-0.05, 0) is 12.5 Å². The zero-order valence-electron chi connectivity index (χ0n) is 9.57. The molecule has 0 amide bonds. The molecule has 17 heavy (non-hydrogen) atoms. The topological polar surface area (TPSA) is 53.7 Å². The summed E-state index contributed by atoms with van der Waals surface area (Å²) >= 11 is 0. The lowest BCUT2D eigenvalue weighted by Gasteiger charge is -2.10. The Morgan fingerprint density at radius 3 is 2.82 bits per heavy atom. The van der Waals surface area contributed by atoms with Crippen LogP contribution in [-0.4, -0.2) is 13.4 Å². The van der Waals surface area contributed by atoms with Crippen molar-refractivity contribution in [2.45, 2.75) is 19.4 Å². The lowest BCUT2D eigenvalue weighted by Crippen LogP contribution is -2.03. The van der Waals surface area contributed by atoms with Gasteiger partial charge in [-0.15, -0.1) is 12.3 Å². The third kappa shape index (κ3) is 2.63. The first-order valence-corrected chi connectivity index (χ1v) is 5.54. The van der Waals surface area contributed by atoms with Crippen LogP contribution in [0.15, 0.2) is 12.1 Å². The summed E-state index contributed by atoms with van der Waals surface area (Å²) in [5.41, 5.74) is 6.58. The molecule has 0 spiro atoms. The van der Waals surface area contributed by atoms with Gasteiger partial charge in [0, 0.05) is 24.6 Å². The maximum absolute atomic E-state index is 5.67. The van der Waals surface area contributed by atoms with Gasteiger partial charge in [0.2, 0.25) is 6.79 Å². The summed E-state index contributed by atoms with van der Waals surface area (Å²) in [4.78, 5) is 0. The largest absolute Gasteiger partial charge is 0.493 e. The summed E-state index contributed by atoms with van der Waals surface area (Å²) in [5.74, 6) is 4.75. The fourth-order valence-corrected chi connectivity index (χ4v) is 1.62. The molecule has 0 radical (unpaired) electrons. The summed E-state index contributed by atoms with van der Waals surface area (Å²) in [5, 5.41) is 0. The van der Waals surface area contributed by atoms with Gasteiger partial charge in [0.15, 0.2) is 11.5 Å². The Morgan fingerprint density at radius 2 is 2.12 bits per heavy atom. The second kappa shape index (κ2) is 5.46. The summed E-state index contributed by atoms with van der Waals surface area (Å²) in [7, 11) is 0. The third-order valence-corrected chi connectivity index (χ3v) is 2.50. The molecule has 0 aromatic heterocycles. The number of ether oxygens (including phenoxy) is 3. The molecule has 0 saturated heterocycles. The maximum Gasteiger partial charge on any atom is 0.231 e. The third-order valence-electron chi connectivity index (χ3n) is 2.50. The Bertz CT molecular complexity index is 437. The number of benzene rings is 1. The molecule has 2 N–H and O–H groups in total. The molecule has 1 aromatic rings. The van der Waals surface area contributed by atoms with Gasteiger partial charge in [-0.1, -0.05) is 0 Å². The van der Waals surface area contributed by atoms with Crippen LogP contribution in [-0.2, 0) is 6.54 Å². The van der Waals surface area contributed by atoms with Crippen molar-refractivity contribution in [1.29, 1.82) is 0 Å². The fraction of sp³-hybridized carbons (Fsp3) is 0.385. The molecule has 1 aliphatic rings. The summed E-state index contributed by atoms with van der Waals surface area (Å²) < 4.78 is 16.2. The van der Waals surface area contributed by atoms with Crippen LogP contribution < -0.4 is 19.9 Å². The first-order valence-electron chi connectivity index (χ1n) is 5.54. The number of hydrogen-bond acceptors (Lipinski definition) is 4. The minimum Gasteiger partial charge on any atom is -0.493 e. The Morgan fingerprint density at radius 1 is 1.35 bits per heavy atom. The van der Waals surface area contributed by atoms with Crippen LogP contribution in [0.4, 0.5) is 0 Å². The highest BCUT2D eigenvalue weighted by atomic mass is 16.7. The second-order valence-electron chi connectivity index (χ2n) is 3.67. The lowest BCUT2D eigenvalue weighted by molar-refractivity contribution is 0.173. The van der Waals surface area contributed by atoms with Crippen LogP contribution in [0.1, 0.15) is 18.4 Å². The average Bonchev–Trinajstić information content (AvgIpc) is 2.80. The fourth-order valence-electron chi connectivity index (χ4n) is 1.62. The number of unbranched alkanes of at least 4 members (excludes halogenated alkanes) is 1. The van der Waals surface area contributed by atoms with Gasteiger partial charge >= 0.3 is 0 Å². The molecule has 1 aromatic carbocycles. The SMILES string of the molecule is C#CCCCOc1cc2c(cc1CN)OCO2. The average molecular weight is 233 g/mol. The highest BCUT2D eigenvalue weighted by molar-refractivity contribution is 5.51. The molecule has 0 fully saturated rings. The predicted octanol–water partition coefficient (Wildman–Crippen LogP) is 1.67. The smallest absolute Gasteiger partial charge is 0.231 e. The van der Waals surface area contributed by atoms with E-state index in [1.807, 2.05) is 12.1 Å². The highest BCUT2D eigenvalue weighted by Crippen LogP contribution is 2.38. The van der Waals surface area contributed by atoms with Crippen LogP contribution in [0, 0.1) is 12.3 Å². The van der Waals surface area contributed by atoms with Crippen LogP contribution in [0.5, 0.6) is 17.2 Å². The van der Waals surface area contributed by atoms with Gasteiger partial charge in [-0.3, -0.25) is 0 Å². The van der Waals surface area contributed by atoms with Gasteiger partial charge in [0.25, 0.3) is 0 Å². The standard InChI is InChI=1S/C13H15NO3/c1-2-3-4-5-15-11-7-13-12(16-9-17-13)6-10(11)8-14/h1,6-7H,3-5,8-9,14H2. The summed E-state index contributed by atoms with van der Waals surface area (Å²) in [6.45, 7) is 1.23. The van der Waals surface area contributed by atoms with E-state index in [1.165, 1.54) is 0 Å². The van der Waals surface area contributed by atoms with E-state index >= 15 is 0 Å². The van der Waals surface area contributed by atoms with Crippen molar-refractivity contribution in [3.8, 4) is 29.6 Å². The molecule has 0 unspecified atom stereocenters. The van der Waals surface area contributed by atoms with Crippen molar-refractivity contribution in [2.75, 3.05) is 13.4 Å². The Hall–Kier alpha value is -1.86. The molecule has 90 valence electrons. The van der Waals surface area contributed by atoms with Crippen LogP contribution >= 0.6 is 0 Å². The maximum atomic E-state index is 5.67. The van der Waals surface area contributed by atoms with E-state index in [9.17, 15) is 0 Å². The molecule has 0 saturated carbocycles. The Kier molecular flexibility index (Phi) is 3.73. The van der Waals surface area contributed by atoms with Gasteiger partial charge in [0.05, 0.1) is 6.61 Å². The molecular formula is C13H15NO3. The Labute approximate surface area is 101 Å². The van der Waals surface area contributed by atoms with Crippen LogP contribution in [0.25, 0.3) is 0 Å². The highest BCUT2D eigenvalue weighted by Gasteiger charge is 2.17. The van der Waals surface area contributed by atoms with Crippen molar-refractivity contribution >= 4 is 0 Å². The molecule has 1 heterocycles. The predicted molar refractivity (Wildman–Crippen MR) is 64.0 cm³/mol. The van der Waals surface area contributed by atoms with E-state index in [4.69, 9.17) is 26.4 Å². The normalized spacial score (nSPS) is 12.2. The molecular weight excluding hydrogens is 218 g/mol. The molecule has 0 bridgehead atoms. The number of terminal acetylenes is 1. The monoisotopic (exact) mass is 233 g/mol. The second-order valence-corrected chi connectivity index (χ2v) is 3.67. The van der Waals surface area contributed by atoms with Crippen molar-refractivity contribution in [1.82, 2.24) is 0 Å². The molecule has 2 rings (SSSR count). The van der Waals surface area contributed by atoms with Crippen molar-refractivity contribution in [2.24, 2.45) is 5.73 Å². The van der Waals surface area contributed by atoms with E-state index in [2.05, 4.69) is 5.92 Å². The van der Waals surface area contributed by atoms with Gasteiger partial charge in [-0.2, -0.15) is 0 Å². The van der Waals surface area contributed by atoms with Gasteiger partial charge in [0.1, 0.15) is 5.75 Å². The first-order chi connectivity index (χ1) is 8.35. The molecule has 0 atom stereocenters. The molecule has 1 aliphatic heterocycles. The summed E-state index contributed by atoms with van der Waals surface area (Å²) in [6, 6.07) is 3.68. The zero-order chi connectivity index (χ0) is 12.1. The lowest BCUT2D eigenvalue weighted by atomic mass is 10.1. The number of fused-ring (bicyclic) bond motifs is 1. The van der Waals surface area contributed by atoms with E-state index in [0.717, 1.165) is 23.5 Å². The van der Waals surface area contributed by atoms with Crippen molar-refractivity contribution in [3.63, 3.8) is 0 Å². The van der Waals surface area contributed by atoms with E-state index in [1.54, 1.807) is 0 Å². The quantitative estimate of drug-likeness (QED) is 0.621. The minimum absolute atomic E-state index is 0.250. The molecule has 4 nitrogen and oxygen atoms in total. The van der Waals surface area contributed by atoms with Crippen LogP contribution in [0.2, 0.25) is 0 Å². The van der Waals surface area contributed by atoms with E-state index in [-0.39, 0.29) is 6.79 Å². The number of hydrogen-bond donors (Lipinski definition) is 1. The first kappa shape index (κ1) is 11.6. The van der Waals surface area contributed by atoms with Crippen LogP contribution in [0.3, 0.4) is 0 Å². The van der Waals surface area contributed by atoms with Gasteiger partial charge in [-0.25, -0.2) is 0 Å². The van der Waals surface area contributed by atoms with Crippen molar-refractivity contribution < 1.29 is 14.2 Å². The molecule has 0 aliphatic carbocycles. The van der Waals surface area contributed by atoms with Crippen molar-refractivity contribution in [3.05, 3.63) is 17.7 Å². The van der Waals surface area contributed by atoms with E-state index < -0.39 is 0 Å². The Balaban J connectivity index is 2.07. The van der Waals surface area contributed by atoms with Gasteiger partial charge < -0.3 is 19.9 Å². The minimum atomic E-state index is 0.250.